The summed E-state index contributed by atoms with van der Waals surface area (Å²) in [4.78, 5) is 30.2. The summed E-state index contributed by atoms with van der Waals surface area (Å²) in [6.07, 6.45) is 7.35. The number of unbranched alkanes of at least 4 members (excludes halogenated alkanes) is 3. The zero-order valence-corrected chi connectivity index (χ0v) is 14.3. The number of nitrogens with two attached hydrogens (primary N) is 1. The molecule has 2 heterocycles. The Balaban J connectivity index is 1.69. The third kappa shape index (κ3) is 6.32. The van der Waals surface area contributed by atoms with Gasteiger partial charge in [-0.05, 0) is 19.8 Å². The Hall–Kier alpha value is -2.78. The molecule has 2 rings (SSSR count). The van der Waals surface area contributed by atoms with E-state index < -0.39 is 5.69 Å². The summed E-state index contributed by atoms with van der Waals surface area (Å²) in [6, 6.07) is 0. The van der Waals surface area contributed by atoms with E-state index >= 15 is 0 Å². The molecule has 0 fully saturated rings. The molecule has 2 N–H and O–H groups in total. The van der Waals surface area contributed by atoms with Crippen molar-refractivity contribution in [3.63, 3.8) is 0 Å². The molecule has 0 aliphatic heterocycles. The van der Waals surface area contributed by atoms with Crippen molar-refractivity contribution >= 4 is 11.9 Å². The molecule has 0 aromatic carbocycles. The molecule has 10 heteroatoms. The van der Waals surface area contributed by atoms with Crippen molar-refractivity contribution in [3.8, 4) is 0 Å². The first-order valence-electron chi connectivity index (χ1n) is 8.32. The molecule has 0 radical (unpaired) electrons. The predicted octanol–water partition coefficient (Wildman–Crippen LogP) is 0.374. The van der Waals surface area contributed by atoms with Crippen molar-refractivity contribution in [2.75, 3.05) is 12.3 Å². The van der Waals surface area contributed by atoms with E-state index in [1.54, 1.807) is 17.8 Å². The largest absolute Gasteiger partial charge is 0.466 e. The number of anilines is 1. The second kappa shape index (κ2) is 9.50. The van der Waals surface area contributed by atoms with E-state index in [4.69, 9.17) is 10.5 Å². The van der Waals surface area contributed by atoms with Crippen LogP contribution < -0.4 is 11.4 Å². The predicted molar refractivity (Wildman–Crippen MR) is 89.5 cm³/mol. The quantitative estimate of drug-likeness (QED) is 0.481. The van der Waals surface area contributed by atoms with E-state index in [2.05, 4.69) is 20.3 Å². The lowest BCUT2D eigenvalue weighted by atomic mass is 10.1. The van der Waals surface area contributed by atoms with Gasteiger partial charge in [0.2, 0.25) is 5.95 Å². The molecule has 0 saturated heterocycles. The second-order valence-electron chi connectivity index (χ2n) is 5.57. The molecule has 25 heavy (non-hydrogen) atoms. The number of aromatic nitrogens is 6. The number of nitrogen functional groups attached to an aromatic ring is 1. The zero-order valence-electron chi connectivity index (χ0n) is 14.3. The molecule has 0 spiro atoms. The Bertz CT molecular complexity index is 741. The summed E-state index contributed by atoms with van der Waals surface area (Å²) in [6.45, 7) is 3.22. The summed E-state index contributed by atoms with van der Waals surface area (Å²) >= 11 is 0. The van der Waals surface area contributed by atoms with E-state index in [1.165, 1.54) is 10.9 Å². The lowest BCUT2D eigenvalue weighted by Gasteiger charge is -2.02. The van der Waals surface area contributed by atoms with Crippen LogP contribution in [0.5, 0.6) is 0 Å². The number of hydrogen-bond acceptors (Lipinski definition) is 8. The molecule has 0 atom stereocenters. The molecule has 0 saturated carbocycles. The Morgan fingerprint density at radius 2 is 2.08 bits per heavy atom. The van der Waals surface area contributed by atoms with Crippen LogP contribution in [0.3, 0.4) is 0 Å². The molecule has 10 nitrogen and oxygen atoms in total. The number of hydrogen-bond donors (Lipinski definition) is 1. The standard InChI is InChI=1S/C15H23N7O3/c1-2-25-13(23)7-5-3-4-6-8-22-10-12(19-20-22)9-21-11-17-14(16)18-15(21)24/h10-11H,2-9H2,1H3,(H2,16,18,24). The Kier molecular flexibility index (Phi) is 7.05. The molecule has 0 aliphatic rings. The maximum Gasteiger partial charge on any atom is 0.352 e. The highest BCUT2D eigenvalue weighted by Gasteiger charge is 2.05. The smallest absolute Gasteiger partial charge is 0.352 e. The highest BCUT2D eigenvalue weighted by molar-refractivity contribution is 5.69. The Morgan fingerprint density at radius 3 is 2.84 bits per heavy atom. The summed E-state index contributed by atoms with van der Waals surface area (Å²) in [5.74, 6) is -0.182. The van der Waals surface area contributed by atoms with Gasteiger partial charge in [-0.15, -0.1) is 5.10 Å². The van der Waals surface area contributed by atoms with Gasteiger partial charge in [0, 0.05) is 13.0 Å². The van der Waals surface area contributed by atoms with Crippen LogP contribution in [0.1, 0.15) is 44.7 Å². The minimum atomic E-state index is -0.469. The van der Waals surface area contributed by atoms with Crippen LogP contribution in [0.2, 0.25) is 0 Å². The average Bonchev–Trinajstić information content (AvgIpc) is 3.01. The molecular weight excluding hydrogens is 326 g/mol. The van der Waals surface area contributed by atoms with Crippen molar-refractivity contribution in [2.24, 2.45) is 0 Å². The maximum atomic E-state index is 11.7. The highest BCUT2D eigenvalue weighted by Crippen LogP contribution is 2.06. The number of aryl methyl sites for hydroxylation is 1. The van der Waals surface area contributed by atoms with E-state index in [0.29, 0.717) is 18.7 Å². The van der Waals surface area contributed by atoms with Gasteiger partial charge >= 0.3 is 11.7 Å². The van der Waals surface area contributed by atoms with Crippen molar-refractivity contribution in [1.82, 2.24) is 29.5 Å². The van der Waals surface area contributed by atoms with Gasteiger partial charge in [-0.1, -0.05) is 18.1 Å². The summed E-state index contributed by atoms with van der Waals surface area (Å²) in [5, 5.41) is 8.08. The van der Waals surface area contributed by atoms with Crippen LogP contribution in [0.4, 0.5) is 5.95 Å². The van der Waals surface area contributed by atoms with Crippen molar-refractivity contribution in [2.45, 2.75) is 52.1 Å². The lowest BCUT2D eigenvalue weighted by Crippen LogP contribution is -2.25. The van der Waals surface area contributed by atoms with E-state index in [-0.39, 0.29) is 18.5 Å². The fourth-order valence-electron chi connectivity index (χ4n) is 2.30. The highest BCUT2D eigenvalue weighted by atomic mass is 16.5. The van der Waals surface area contributed by atoms with Crippen LogP contribution in [-0.2, 0) is 22.6 Å². The topological polar surface area (TPSA) is 131 Å². The normalized spacial score (nSPS) is 10.8. The Labute approximate surface area is 145 Å². The third-order valence-electron chi connectivity index (χ3n) is 3.53. The van der Waals surface area contributed by atoms with Gasteiger partial charge in [0.05, 0.1) is 19.3 Å². The number of esters is 1. The molecular formula is C15H23N7O3. The fraction of sp³-hybridized carbons (Fsp3) is 0.600. The lowest BCUT2D eigenvalue weighted by molar-refractivity contribution is -0.143. The van der Waals surface area contributed by atoms with E-state index in [9.17, 15) is 9.59 Å². The first-order chi connectivity index (χ1) is 12.1. The average molecular weight is 349 g/mol. The molecule has 2 aromatic rings. The minimum Gasteiger partial charge on any atom is -0.466 e. The number of carbonyl (C=O) groups excluding carboxylic acids is 1. The van der Waals surface area contributed by atoms with Crippen molar-refractivity contribution in [1.29, 1.82) is 0 Å². The summed E-state index contributed by atoms with van der Waals surface area (Å²) in [7, 11) is 0. The van der Waals surface area contributed by atoms with Crippen LogP contribution in [0.15, 0.2) is 17.3 Å². The van der Waals surface area contributed by atoms with Crippen LogP contribution in [-0.4, -0.2) is 42.1 Å². The number of ether oxygens (including phenoxy) is 1. The van der Waals surface area contributed by atoms with Gasteiger partial charge < -0.3 is 10.5 Å². The molecule has 0 aliphatic carbocycles. The van der Waals surface area contributed by atoms with Gasteiger partial charge in [-0.3, -0.25) is 14.0 Å². The van der Waals surface area contributed by atoms with Crippen LogP contribution in [0.25, 0.3) is 0 Å². The van der Waals surface area contributed by atoms with Crippen LogP contribution >= 0.6 is 0 Å². The zero-order chi connectivity index (χ0) is 18.1. The molecule has 2 aromatic heterocycles. The van der Waals surface area contributed by atoms with Gasteiger partial charge in [0.25, 0.3) is 0 Å². The second-order valence-corrected chi connectivity index (χ2v) is 5.57. The molecule has 0 amide bonds. The Morgan fingerprint density at radius 1 is 1.28 bits per heavy atom. The van der Waals surface area contributed by atoms with Gasteiger partial charge in [-0.2, -0.15) is 4.98 Å². The van der Waals surface area contributed by atoms with E-state index in [0.717, 1.165) is 32.2 Å². The van der Waals surface area contributed by atoms with E-state index in [1.807, 2.05) is 0 Å². The number of nitrogens with zero attached hydrogens (tertiary/aromatic N) is 6. The SMILES string of the molecule is CCOC(=O)CCCCCCn1cc(Cn2cnc(N)nc2=O)nn1. The van der Waals surface area contributed by atoms with Gasteiger partial charge in [0.15, 0.2) is 0 Å². The number of carbonyl (C=O) groups is 1. The first kappa shape index (κ1) is 18.6. The maximum absolute atomic E-state index is 11.7. The number of rotatable bonds is 10. The third-order valence-corrected chi connectivity index (χ3v) is 3.53. The van der Waals surface area contributed by atoms with Crippen molar-refractivity contribution < 1.29 is 9.53 Å². The van der Waals surface area contributed by atoms with Gasteiger partial charge in [-0.25, -0.2) is 9.78 Å². The summed E-state index contributed by atoms with van der Waals surface area (Å²) in [5.41, 5.74) is 5.53. The molecule has 0 unspecified atom stereocenters. The van der Waals surface area contributed by atoms with Crippen LogP contribution in [0, 0.1) is 0 Å². The molecule has 136 valence electrons. The fourth-order valence-corrected chi connectivity index (χ4v) is 2.30. The van der Waals surface area contributed by atoms with Crippen molar-refractivity contribution in [3.05, 3.63) is 28.7 Å². The summed E-state index contributed by atoms with van der Waals surface area (Å²) < 4.78 is 7.94. The molecule has 0 bridgehead atoms. The first-order valence-corrected chi connectivity index (χ1v) is 8.32. The van der Waals surface area contributed by atoms with Gasteiger partial charge in [0.1, 0.15) is 12.0 Å². The monoisotopic (exact) mass is 349 g/mol. The minimum absolute atomic E-state index is 0.0483.